The van der Waals surface area contributed by atoms with Gasteiger partial charge in [-0.1, -0.05) is 15.9 Å². The van der Waals surface area contributed by atoms with E-state index in [-0.39, 0.29) is 23.0 Å². The third kappa shape index (κ3) is 3.56. The monoisotopic (exact) mass is 430 g/mol. The first-order chi connectivity index (χ1) is 12.8. The lowest BCUT2D eigenvalue weighted by atomic mass is 10.1. The van der Waals surface area contributed by atoms with Crippen LogP contribution >= 0.6 is 15.9 Å². The van der Waals surface area contributed by atoms with Gasteiger partial charge in [0.05, 0.1) is 29.6 Å². The summed E-state index contributed by atoms with van der Waals surface area (Å²) in [5.41, 5.74) is 1.76. The van der Waals surface area contributed by atoms with Gasteiger partial charge in [-0.05, 0) is 49.4 Å². The molecule has 1 aliphatic rings. The van der Waals surface area contributed by atoms with Gasteiger partial charge in [0, 0.05) is 10.0 Å². The molecule has 3 rings (SSSR count). The number of phenols is 1. The Kier molecular flexibility index (Phi) is 5.00. The summed E-state index contributed by atoms with van der Waals surface area (Å²) in [5, 5.41) is 24.7. The summed E-state index contributed by atoms with van der Waals surface area (Å²) in [6.07, 6.45) is 1.54. The second-order valence-corrected chi connectivity index (χ2v) is 6.67. The zero-order valence-electron chi connectivity index (χ0n) is 14.4. The van der Waals surface area contributed by atoms with Crippen LogP contribution in [0.2, 0.25) is 0 Å². The highest BCUT2D eigenvalue weighted by molar-refractivity contribution is 9.10. The summed E-state index contributed by atoms with van der Waals surface area (Å²) in [5.74, 6) is -1.24. The molecule has 0 atom stereocenters. The number of phenolic OH excluding ortho intramolecular Hbond substituents is 1. The number of hydrogen-bond acceptors (Lipinski definition) is 5. The summed E-state index contributed by atoms with van der Waals surface area (Å²) in [6, 6.07) is 9.12. The van der Waals surface area contributed by atoms with Gasteiger partial charge in [0.25, 0.3) is 5.91 Å². The van der Waals surface area contributed by atoms with Gasteiger partial charge in [-0.2, -0.15) is 10.1 Å². The summed E-state index contributed by atoms with van der Waals surface area (Å²) >= 11 is 3.34. The van der Waals surface area contributed by atoms with Crippen LogP contribution in [0.4, 0.5) is 5.69 Å². The predicted molar refractivity (Wildman–Crippen MR) is 104 cm³/mol. The first kappa shape index (κ1) is 18.7. The number of methoxy groups -OCH3 is 1. The summed E-state index contributed by atoms with van der Waals surface area (Å²) in [4.78, 5) is 23.8. The number of carboxylic acids is 1. The SMILES string of the molecule is COc1cc(Br)cc(/C=C2/C(=O)N(c3ccc(C(=O)O)cc3)N=C2C)c1O. The number of halogens is 1. The van der Waals surface area contributed by atoms with Gasteiger partial charge in [-0.25, -0.2) is 4.79 Å². The Balaban J connectivity index is 1.97. The number of nitrogens with zero attached hydrogens (tertiary/aromatic N) is 2. The highest BCUT2D eigenvalue weighted by Crippen LogP contribution is 2.36. The topological polar surface area (TPSA) is 99.4 Å². The molecular weight excluding hydrogens is 416 g/mol. The standard InChI is InChI=1S/C19H15BrN2O5/c1-10-15(8-12-7-13(20)9-16(27-2)17(12)23)18(24)22(21-10)14-5-3-11(4-6-14)19(25)26/h3-9,23H,1-2H3,(H,25,26)/b15-8+. The molecule has 0 fully saturated rings. The van der Waals surface area contributed by atoms with Crippen LogP contribution in [-0.2, 0) is 4.79 Å². The van der Waals surface area contributed by atoms with Crippen LogP contribution in [0, 0.1) is 0 Å². The van der Waals surface area contributed by atoms with Gasteiger partial charge in [-0.15, -0.1) is 0 Å². The first-order valence-electron chi connectivity index (χ1n) is 7.83. The number of carbonyl (C=O) groups is 2. The average Bonchev–Trinajstić information content (AvgIpc) is 2.92. The van der Waals surface area contributed by atoms with Crippen molar-refractivity contribution in [1.82, 2.24) is 0 Å². The predicted octanol–water partition coefficient (Wildman–Crippen LogP) is 3.67. The van der Waals surface area contributed by atoms with E-state index in [9.17, 15) is 14.7 Å². The van der Waals surface area contributed by atoms with E-state index in [1.807, 2.05) is 0 Å². The molecule has 0 spiro atoms. The van der Waals surface area contributed by atoms with Crippen molar-refractivity contribution in [2.45, 2.75) is 6.92 Å². The molecule has 1 heterocycles. The maximum absolute atomic E-state index is 12.8. The lowest BCUT2D eigenvalue weighted by Gasteiger charge is -2.12. The fraction of sp³-hybridized carbons (Fsp3) is 0.105. The number of ether oxygens (including phenoxy) is 1. The molecule has 0 bridgehead atoms. The Labute approximate surface area is 163 Å². The minimum Gasteiger partial charge on any atom is -0.504 e. The molecule has 0 aliphatic carbocycles. The number of rotatable bonds is 4. The molecule has 0 unspecified atom stereocenters. The molecule has 2 aromatic carbocycles. The van der Waals surface area contributed by atoms with Crippen molar-refractivity contribution < 1.29 is 24.5 Å². The summed E-state index contributed by atoms with van der Waals surface area (Å²) in [7, 11) is 1.44. The lowest BCUT2D eigenvalue weighted by molar-refractivity contribution is -0.114. The van der Waals surface area contributed by atoms with Gasteiger partial charge in [0.2, 0.25) is 0 Å². The van der Waals surface area contributed by atoms with Crippen molar-refractivity contribution in [1.29, 1.82) is 0 Å². The molecule has 1 aliphatic heterocycles. The van der Waals surface area contributed by atoms with E-state index in [1.54, 1.807) is 19.1 Å². The second kappa shape index (κ2) is 7.24. The number of hydrazone groups is 1. The fourth-order valence-electron chi connectivity index (χ4n) is 2.62. The highest BCUT2D eigenvalue weighted by atomic mass is 79.9. The largest absolute Gasteiger partial charge is 0.504 e. The number of anilines is 1. The van der Waals surface area contributed by atoms with Crippen molar-refractivity contribution in [3.8, 4) is 11.5 Å². The van der Waals surface area contributed by atoms with Crippen molar-refractivity contribution in [2.24, 2.45) is 5.10 Å². The van der Waals surface area contributed by atoms with Gasteiger partial charge in [-0.3, -0.25) is 4.79 Å². The number of aromatic hydroxyl groups is 1. The first-order valence-corrected chi connectivity index (χ1v) is 8.62. The van der Waals surface area contributed by atoms with Crippen LogP contribution in [0.15, 0.2) is 51.5 Å². The van der Waals surface area contributed by atoms with Gasteiger partial charge >= 0.3 is 5.97 Å². The van der Waals surface area contributed by atoms with E-state index in [0.29, 0.717) is 27.0 Å². The lowest BCUT2D eigenvalue weighted by Crippen LogP contribution is -2.21. The zero-order chi connectivity index (χ0) is 19.7. The smallest absolute Gasteiger partial charge is 0.335 e. The van der Waals surface area contributed by atoms with E-state index in [2.05, 4.69) is 21.0 Å². The Bertz CT molecular complexity index is 996. The third-order valence-corrected chi connectivity index (χ3v) is 4.47. The molecule has 7 nitrogen and oxygen atoms in total. The van der Waals surface area contributed by atoms with E-state index < -0.39 is 5.97 Å². The minimum atomic E-state index is -1.05. The van der Waals surface area contributed by atoms with Gasteiger partial charge in [0.15, 0.2) is 11.5 Å². The molecule has 1 amide bonds. The van der Waals surface area contributed by atoms with Gasteiger partial charge in [0.1, 0.15) is 0 Å². The van der Waals surface area contributed by atoms with Crippen molar-refractivity contribution in [2.75, 3.05) is 12.1 Å². The number of carbonyl (C=O) groups excluding carboxylic acids is 1. The molecule has 0 radical (unpaired) electrons. The maximum atomic E-state index is 12.8. The van der Waals surface area contributed by atoms with Crippen molar-refractivity contribution in [3.63, 3.8) is 0 Å². The van der Waals surface area contributed by atoms with Crippen molar-refractivity contribution in [3.05, 3.63) is 57.6 Å². The molecule has 2 N–H and O–H groups in total. The zero-order valence-corrected chi connectivity index (χ0v) is 16.0. The average molecular weight is 431 g/mol. The number of benzene rings is 2. The maximum Gasteiger partial charge on any atom is 0.335 e. The third-order valence-electron chi connectivity index (χ3n) is 4.01. The summed E-state index contributed by atoms with van der Waals surface area (Å²) < 4.78 is 5.81. The van der Waals surface area contributed by atoms with Crippen LogP contribution in [0.5, 0.6) is 11.5 Å². The molecular formula is C19H15BrN2O5. The molecule has 0 aromatic heterocycles. The molecule has 8 heteroatoms. The van der Waals surface area contributed by atoms with Crippen LogP contribution in [-0.4, -0.2) is 34.9 Å². The van der Waals surface area contributed by atoms with E-state index in [0.717, 1.165) is 0 Å². The Hall–Kier alpha value is -3.13. The molecule has 0 saturated heterocycles. The summed E-state index contributed by atoms with van der Waals surface area (Å²) in [6.45, 7) is 1.68. The molecule has 2 aromatic rings. The molecule has 0 saturated carbocycles. The highest BCUT2D eigenvalue weighted by Gasteiger charge is 2.29. The van der Waals surface area contributed by atoms with E-state index in [4.69, 9.17) is 9.84 Å². The van der Waals surface area contributed by atoms with Crippen LogP contribution < -0.4 is 9.75 Å². The number of aromatic carboxylic acids is 1. The van der Waals surface area contributed by atoms with Crippen LogP contribution in [0.25, 0.3) is 6.08 Å². The minimum absolute atomic E-state index is 0.0851. The van der Waals surface area contributed by atoms with Gasteiger partial charge < -0.3 is 14.9 Å². The van der Waals surface area contributed by atoms with Crippen LogP contribution in [0.1, 0.15) is 22.8 Å². The molecule has 27 heavy (non-hydrogen) atoms. The van der Waals surface area contributed by atoms with Crippen molar-refractivity contribution >= 4 is 45.3 Å². The Morgan fingerprint density at radius 1 is 1.26 bits per heavy atom. The van der Waals surface area contributed by atoms with E-state index in [1.165, 1.54) is 42.5 Å². The number of hydrogen-bond donors (Lipinski definition) is 2. The normalized spacial score (nSPS) is 15.2. The van der Waals surface area contributed by atoms with E-state index >= 15 is 0 Å². The number of amides is 1. The Morgan fingerprint density at radius 2 is 1.93 bits per heavy atom. The second-order valence-electron chi connectivity index (χ2n) is 5.76. The quantitative estimate of drug-likeness (QED) is 0.720. The molecule has 138 valence electrons. The fourth-order valence-corrected chi connectivity index (χ4v) is 3.07. The van der Waals surface area contributed by atoms with Crippen LogP contribution in [0.3, 0.4) is 0 Å². The Morgan fingerprint density at radius 3 is 2.52 bits per heavy atom. The number of carboxylic acid groups (broad SMARTS) is 1.